The number of benzene rings is 1. The summed E-state index contributed by atoms with van der Waals surface area (Å²) in [6, 6.07) is 12.9. The van der Waals surface area contributed by atoms with Crippen molar-refractivity contribution in [2.24, 2.45) is 0 Å². The van der Waals surface area contributed by atoms with Crippen LogP contribution in [0, 0.1) is 6.92 Å². The molecule has 0 spiro atoms. The Bertz CT molecular complexity index is 606. The molecular formula is C17H21NO2S. The first-order valence-electron chi connectivity index (χ1n) is 7.03. The summed E-state index contributed by atoms with van der Waals surface area (Å²) >= 11 is 1.65. The van der Waals surface area contributed by atoms with Gasteiger partial charge < -0.3 is 10.1 Å². The molecule has 0 bridgehead atoms. The quantitative estimate of drug-likeness (QED) is 0.828. The summed E-state index contributed by atoms with van der Waals surface area (Å²) in [6.07, 6.45) is 0.356. The van der Waals surface area contributed by atoms with Crippen molar-refractivity contribution in [3.05, 3.63) is 57.3 Å². The molecule has 0 unspecified atom stereocenters. The third-order valence-corrected chi connectivity index (χ3v) is 4.47. The minimum absolute atomic E-state index is 0.190. The fourth-order valence-electron chi connectivity index (χ4n) is 2.14. The van der Waals surface area contributed by atoms with Crippen LogP contribution in [-0.4, -0.2) is 13.1 Å². The Balaban J connectivity index is 1.89. The zero-order chi connectivity index (χ0) is 15.2. The van der Waals surface area contributed by atoms with E-state index in [0.29, 0.717) is 12.5 Å². The number of esters is 1. The van der Waals surface area contributed by atoms with Gasteiger partial charge in [0.25, 0.3) is 0 Å². The number of aryl methyl sites for hydroxylation is 1. The summed E-state index contributed by atoms with van der Waals surface area (Å²) < 4.78 is 4.68. The lowest BCUT2D eigenvalue weighted by molar-refractivity contribution is -0.139. The largest absolute Gasteiger partial charge is 0.469 e. The highest BCUT2D eigenvalue weighted by Gasteiger charge is 2.08. The van der Waals surface area contributed by atoms with Crippen molar-refractivity contribution in [1.29, 1.82) is 0 Å². The summed E-state index contributed by atoms with van der Waals surface area (Å²) in [5, 5.41) is 3.52. The molecule has 1 aromatic carbocycles. The summed E-state index contributed by atoms with van der Waals surface area (Å²) in [4.78, 5) is 13.5. The van der Waals surface area contributed by atoms with Crippen molar-refractivity contribution in [3.63, 3.8) is 0 Å². The third-order valence-electron chi connectivity index (χ3n) is 3.39. The van der Waals surface area contributed by atoms with Gasteiger partial charge in [-0.15, -0.1) is 11.3 Å². The highest BCUT2D eigenvalue weighted by Crippen LogP contribution is 2.19. The molecule has 0 aliphatic heterocycles. The molecule has 4 heteroatoms. The van der Waals surface area contributed by atoms with Gasteiger partial charge in [-0.25, -0.2) is 0 Å². The number of rotatable bonds is 6. The Labute approximate surface area is 130 Å². The number of hydrogen-bond acceptors (Lipinski definition) is 4. The van der Waals surface area contributed by atoms with Crippen molar-refractivity contribution < 1.29 is 9.53 Å². The summed E-state index contributed by atoms with van der Waals surface area (Å²) in [5.74, 6) is -0.190. The third kappa shape index (κ3) is 4.69. The molecule has 21 heavy (non-hydrogen) atoms. The Morgan fingerprint density at radius 3 is 2.76 bits per heavy atom. The maximum absolute atomic E-state index is 11.2. The second-order valence-electron chi connectivity index (χ2n) is 5.14. The minimum Gasteiger partial charge on any atom is -0.469 e. The van der Waals surface area contributed by atoms with Crippen LogP contribution < -0.4 is 5.32 Å². The first-order chi connectivity index (χ1) is 10.1. The van der Waals surface area contributed by atoms with Gasteiger partial charge in [-0.1, -0.05) is 29.8 Å². The number of carbonyl (C=O) groups excluding carboxylic acids is 1. The van der Waals surface area contributed by atoms with Crippen molar-refractivity contribution in [2.75, 3.05) is 7.11 Å². The molecule has 112 valence electrons. The van der Waals surface area contributed by atoms with Gasteiger partial charge in [0.2, 0.25) is 0 Å². The molecule has 2 rings (SSSR count). The van der Waals surface area contributed by atoms with Gasteiger partial charge in [0.05, 0.1) is 13.5 Å². The minimum atomic E-state index is -0.190. The van der Waals surface area contributed by atoms with Gasteiger partial charge >= 0.3 is 5.97 Å². The fraction of sp³-hybridized carbons (Fsp3) is 0.353. The van der Waals surface area contributed by atoms with Crippen molar-refractivity contribution in [3.8, 4) is 0 Å². The van der Waals surface area contributed by atoms with Gasteiger partial charge in [0.15, 0.2) is 0 Å². The van der Waals surface area contributed by atoms with Crippen LogP contribution in [0.3, 0.4) is 0 Å². The molecule has 0 aliphatic carbocycles. The molecule has 1 heterocycles. The van der Waals surface area contributed by atoms with Crippen LogP contribution in [0.4, 0.5) is 0 Å². The predicted molar refractivity (Wildman–Crippen MR) is 86.5 cm³/mol. The van der Waals surface area contributed by atoms with Gasteiger partial charge in [-0.2, -0.15) is 0 Å². The van der Waals surface area contributed by atoms with E-state index in [4.69, 9.17) is 0 Å². The van der Waals surface area contributed by atoms with E-state index in [1.54, 1.807) is 11.3 Å². The number of carbonyl (C=O) groups is 1. The first kappa shape index (κ1) is 15.7. The van der Waals surface area contributed by atoms with E-state index in [-0.39, 0.29) is 5.97 Å². The molecule has 1 N–H and O–H groups in total. The van der Waals surface area contributed by atoms with E-state index in [1.165, 1.54) is 23.1 Å². The highest BCUT2D eigenvalue weighted by molar-refractivity contribution is 7.12. The van der Waals surface area contributed by atoms with Crippen molar-refractivity contribution in [1.82, 2.24) is 5.32 Å². The van der Waals surface area contributed by atoms with E-state index >= 15 is 0 Å². The zero-order valence-electron chi connectivity index (χ0n) is 12.7. The summed E-state index contributed by atoms with van der Waals surface area (Å²) in [6.45, 7) is 5.08. The number of hydrogen-bond donors (Lipinski definition) is 1. The fourth-order valence-corrected chi connectivity index (χ4v) is 3.09. The molecule has 0 fully saturated rings. The van der Waals surface area contributed by atoms with E-state index in [9.17, 15) is 4.79 Å². The SMILES string of the molecule is COC(=O)Cc1ccc(CN[C@H](C)c2cccc(C)c2)s1. The predicted octanol–water partition coefficient (Wildman–Crippen LogP) is 3.62. The molecule has 1 atom stereocenters. The van der Waals surface area contributed by atoms with Gasteiger partial charge in [-0.3, -0.25) is 4.79 Å². The van der Waals surface area contributed by atoms with Gasteiger partial charge in [0, 0.05) is 22.3 Å². The van der Waals surface area contributed by atoms with Gasteiger partial charge in [0.1, 0.15) is 0 Å². The maximum atomic E-state index is 11.2. The number of nitrogens with one attached hydrogen (secondary N) is 1. The lowest BCUT2D eigenvalue weighted by atomic mass is 10.1. The van der Waals surface area contributed by atoms with Crippen LogP contribution >= 0.6 is 11.3 Å². The number of methoxy groups -OCH3 is 1. The summed E-state index contributed by atoms with van der Waals surface area (Å²) in [7, 11) is 1.42. The standard InChI is InChI=1S/C17H21NO2S/c1-12-5-4-6-14(9-12)13(2)18-11-16-8-7-15(21-16)10-17(19)20-3/h4-9,13,18H,10-11H2,1-3H3/t13-/m1/s1. The molecule has 0 aliphatic rings. The summed E-state index contributed by atoms with van der Waals surface area (Å²) in [5.41, 5.74) is 2.57. The van der Waals surface area contributed by atoms with Crippen LogP contribution in [0.2, 0.25) is 0 Å². The average Bonchev–Trinajstić information content (AvgIpc) is 2.92. The monoisotopic (exact) mass is 303 g/mol. The van der Waals surface area contributed by atoms with Crippen molar-refractivity contribution >= 4 is 17.3 Å². The Hall–Kier alpha value is -1.65. The molecule has 0 saturated heterocycles. The molecule has 0 radical (unpaired) electrons. The van der Waals surface area contributed by atoms with Crippen LogP contribution in [0.15, 0.2) is 36.4 Å². The first-order valence-corrected chi connectivity index (χ1v) is 7.84. The lowest BCUT2D eigenvalue weighted by Gasteiger charge is -2.14. The van der Waals surface area contributed by atoms with E-state index in [0.717, 1.165) is 11.4 Å². The van der Waals surface area contributed by atoms with Crippen LogP contribution in [0.1, 0.15) is 33.8 Å². The Morgan fingerprint density at radius 1 is 1.29 bits per heavy atom. The lowest BCUT2D eigenvalue weighted by Crippen LogP contribution is -2.17. The molecule has 3 nitrogen and oxygen atoms in total. The number of ether oxygens (including phenoxy) is 1. The van der Waals surface area contributed by atoms with Crippen LogP contribution in [0.25, 0.3) is 0 Å². The zero-order valence-corrected chi connectivity index (χ0v) is 13.5. The maximum Gasteiger partial charge on any atom is 0.310 e. The Kier molecular flexibility index (Phi) is 5.53. The molecule has 0 saturated carbocycles. The molecule has 0 amide bonds. The molecule has 2 aromatic rings. The topological polar surface area (TPSA) is 38.3 Å². The van der Waals surface area contributed by atoms with Gasteiger partial charge in [-0.05, 0) is 31.5 Å². The number of thiophene rings is 1. The highest BCUT2D eigenvalue weighted by atomic mass is 32.1. The van der Waals surface area contributed by atoms with E-state index < -0.39 is 0 Å². The smallest absolute Gasteiger partial charge is 0.310 e. The normalized spacial score (nSPS) is 12.1. The second kappa shape index (κ2) is 7.38. The van der Waals surface area contributed by atoms with E-state index in [1.807, 2.05) is 6.07 Å². The Morgan fingerprint density at radius 2 is 2.05 bits per heavy atom. The molecule has 1 aromatic heterocycles. The molecular weight excluding hydrogens is 282 g/mol. The van der Waals surface area contributed by atoms with E-state index in [2.05, 4.69) is 54.2 Å². The second-order valence-corrected chi connectivity index (χ2v) is 6.39. The van der Waals surface area contributed by atoms with Crippen LogP contribution in [0.5, 0.6) is 0 Å². The van der Waals surface area contributed by atoms with Crippen molar-refractivity contribution in [2.45, 2.75) is 32.9 Å². The van der Waals surface area contributed by atoms with Crippen LogP contribution in [-0.2, 0) is 22.5 Å². The average molecular weight is 303 g/mol.